The van der Waals surface area contributed by atoms with E-state index in [4.69, 9.17) is 4.74 Å². The molecule has 0 spiro atoms. The van der Waals surface area contributed by atoms with Crippen molar-refractivity contribution in [1.82, 2.24) is 4.72 Å². The predicted molar refractivity (Wildman–Crippen MR) is 85.5 cm³/mol. The van der Waals surface area contributed by atoms with Gasteiger partial charge in [-0.3, -0.25) is 0 Å². The topological polar surface area (TPSA) is 75.6 Å². The van der Waals surface area contributed by atoms with E-state index in [0.29, 0.717) is 18.8 Å². The predicted octanol–water partition coefficient (Wildman–Crippen LogP) is 2.14. The number of ether oxygens (including phenoxy) is 1. The zero-order valence-corrected chi connectivity index (χ0v) is 13.8. The molecule has 0 bridgehead atoms. The van der Waals surface area contributed by atoms with Crippen LogP contribution in [0.25, 0.3) is 0 Å². The Kier molecular flexibility index (Phi) is 5.26. The van der Waals surface area contributed by atoms with Crippen molar-refractivity contribution in [1.29, 1.82) is 0 Å². The highest BCUT2D eigenvalue weighted by Crippen LogP contribution is 2.24. The summed E-state index contributed by atoms with van der Waals surface area (Å²) in [6.07, 6.45) is 5.92. The maximum Gasteiger partial charge on any atom is 0.240 e. The minimum atomic E-state index is -3.65. The van der Waals surface area contributed by atoms with Gasteiger partial charge in [0, 0.05) is 6.54 Å². The first-order valence-corrected chi connectivity index (χ1v) is 8.98. The van der Waals surface area contributed by atoms with Gasteiger partial charge < -0.3 is 9.84 Å². The van der Waals surface area contributed by atoms with E-state index in [9.17, 15) is 13.5 Å². The molecule has 0 saturated carbocycles. The summed E-state index contributed by atoms with van der Waals surface area (Å²) in [4.78, 5) is 0.178. The lowest BCUT2D eigenvalue weighted by Gasteiger charge is -2.27. The van der Waals surface area contributed by atoms with E-state index in [0.717, 1.165) is 18.4 Å². The lowest BCUT2D eigenvalue weighted by atomic mass is 9.91. The maximum absolute atomic E-state index is 12.4. The number of nitrogens with one attached hydrogen (secondary N) is 1. The molecule has 0 aliphatic heterocycles. The van der Waals surface area contributed by atoms with Crippen LogP contribution in [0, 0.1) is 6.92 Å². The molecule has 2 N–H and O–H groups in total. The molecule has 0 saturated heterocycles. The van der Waals surface area contributed by atoms with Crippen LogP contribution >= 0.6 is 0 Å². The van der Waals surface area contributed by atoms with Crippen molar-refractivity contribution in [2.24, 2.45) is 0 Å². The lowest BCUT2D eigenvalue weighted by molar-refractivity contribution is 0.0797. The van der Waals surface area contributed by atoms with E-state index in [-0.39, 0.29) is 11.4 Å². The van der Waals surface area contributed by atoms with Crippen molar-refractivity contribution in [2.45, 2.75) is 43.6 Å². The minimum absolute atomic E-state index is 0.0158. The number of hydrogen-bond donors (Lipinski definition) is 2. The fourth-order valence-electron chi connectivity index (χ4n) is 2.47. The Morgan fingerprint density at radius 3 is 2.77 bits per heavy atom. The number of sulfonamides is 1. The third-order valence-corrected chi connectivity index (χ3v) is 5.13. The Balaban J connectivity index is 2.11. The zero-order chi connectivity index (χ0) is 16.2. The zero-order valence-electron chi connectivity index (χ0n) is 13.0. The summed E-state index contributed by atoms with van der Waals surface area (Å²) in [5.74, 6) is 0.676. The molecule has 0 heterocycles. The van der Waals surface area contributed by atoms with E-state index in [2.05, 4.69) is 4.72 Å². The van der Waals surface area contributed by atoms with Gasteiger partial charge in [0.15, 0.2) is 0 Å². The first-order valence-electron chi connectivity index (χ1n) is 7.49. The standard InChI is InChI=1S/C16H23NO4S/c1-3-21-15-8-7-14(11-13(15)2)22(19,20)17-12-16(18)9-5-4-6-10-16/h5,7-9,11,17-18H,3-4,6,10,12H2,1-2H3. The van der Waals surface area contributed by atoms with E-state index in [1.807, 2.05) is 13.0 Å². The minimum Gasteiger partial charge on any atom is -0.494 e. The average Bonchev–Trinajstić information content (AvgIpc) is 2.48. The average molecular weight is 325 g/mol. The summed E-state index contributed by atoms with van der Waals surface area (Å²) >= 11 is 0. The van der Waals surface area contributed by atoms with Crippen molar-refractivity contribution in [2.75, 3.05) is 13.2 Å². The SMILES string of the molecule is CCOc1ccc(S(=O)(=O)NCC2(O)C=CCCC2)cc1C. The fraction of sp³-hybridized carbons (Fsp3) is 0.500. The lowest BCUT2D eigenvalue weighted by Crippen LogP contribution is -2.42. The van der Waals surface area contributed by atoms with Crippen LogP contribution in [0.15, 0.2) is 35.2 Å². The van der Waals surface area contributed by atoms with Crippen molar-refractivity contribution < 1.29 is 18.3 Å². The molecule has 1 aromatic rings. The van der Waals surface area contributed by atoms with Gasteiger partial charge in [0.1, 0.15) is 5.75 Å². The van der Waals surface area contributed by atoms with Crippen LogP contribution in [0.3, 0.4) is 0 Å². The molecule has 0 radical (unpaired) electrons. The summed E-state index contributed by atoms with van der Waals surface area (Å²) in [6, 6.07) is 4.75. The fourth-order valence-corrected chi connectivity index (χ4v) is 3.65. The van der Waals surface area contributed by atoms with Gasteiger partial charge in [-0.15, -0.1) is 0 Å². The summed E-state index contributed by atoms with van der Waals surface area (Å²) in [6.45, 7) is 4.20. The van der Waals surface area contributed by atoms with Crippen molar-refractivity contribution in [3.63, 3.8) is 0 Å². The molecule has 2 rings (SSSR count). The summed E-state index contributed by atoms with van der Waals surface area (Å²) < 4.78 is 32.6. The molecule has 5 nitrogen and oxygen atoms in total. The Labute approximate surface area is 132 Å². The van der Waals surface area contributed by atoms with Crippen LogP contribution in [0.1, 0.15) is 31.7 Å². The second-order valence-electron chi connectivity index (χ2n) is 5.58. The molecule has 1 aliphatic rings. The van der Waals surface area contributed by atoms with Crippen LogP contribution in [0.2, 0.25) is 0 Å². The molecule has 6 heteroatoms. The van der Waals surface area contributed by atoms with Crippen LogP contribution in [0.4, 0.5) is 0 Å². The summed E-state index contributed by atoms with van der Waals surface area (Å²) in [7, 11) is -3.65. The second kappa shape index (κ2) is 6.81. The Hall–Kier alpha value is -1.37. The number of allylic oxidation sites excluding steroid dienone is 1. The van der Waals surface area contributed by atoms with Crippen molar-refractivity contribution in [3.8, 4) is 5.75 Å². The van der Waals surface area contributed by atoms with Gasteiger partial charge in [-0.2, -0.15) is 0 Å². The smallest absolute Gasteiger partial charge is 0.240 e. The van der Waals surface area contributed by atoms with Crippen LogP contribution < -0.4 is 9.46 Å². The molecule has 22 heavy (non-hydrogen) atoms. The second-order valence-corrected chi connectivity index (χ2v) is 7.35. The number of aliphatic hydroxyl groups is 1. The molecular formula is C16H23NO4S. The number of hydrogen-bond acceptors (Lipinski definition) is 4. The molecular weight excluding hydrogens is 302 g/mol. The van der Waals surface area contributed by atoms with Gasteiger partial charge in [0.05, 0.1) is 17.1 Å². The van der Waals surface area contributed by atoms with Gasteiger partial charge in [0.25, 0.3) is 0 Å². The molecule has 0 aromatic heterocycles. The van der Waals surface area contributed by atoms with Gasteiger partial charge >= 0.3 is 0 Å². The van der Waals surface area contributed by atoms with E-state index in [1.165, 1.54) is 6.07 Å². The van der Waals surface area contributed by atoms with Crippen molar-refractivity contribution >= 4 is 10.0 Å². The van der Waals surface area contributed by atoms with E-state index >= 15 is 0 Å². The number of benzene rings is 1. The van der Waals surface area contributed by atoms with Gasteiger partial charge in [-0.25, -0.2) is 13.1 Å². The highest BCUT2D eigenvalue weighted by molar-refractivity contribution is 7.89. The van der Waals surface area contributed by atoms with Crippen molar-refractivity contribution in [3.05, 3.63) is 35.9 Å². The number of rotatable bonds is 6. The quantitative estimate of drug-likeness (QED) is 0.786. The Bertz CT molecular complexity index is 654. The van der Waals surface area contributed by atoms with Gasteiger partial charge in [-0.05, 0) is 56.9 Å². The van der Waals surface area contributed by atoms with Gasteiger partial charge in [-0.1, -0.05) is 12.2 Å². The molecule has 0 amide bonds. The van der Waals surface area contributed by atoms with E-state index < -0.39 is 15.6 Å². The first-order chi connectivity index (χ1) is 10.4. The monoisotopic (exact) mass is 325 g/mol. The first kappa shape index (κ1) is 17.0. The van der Waals surface area contributed by atoms with E-state index in [1.54, 1.807) is 25.1 Å². The highest BCUT2D eigenvalue weighted by atomic mass is 32.2. The highest BCUT2D eigenvalue weighted by Gasteiger charge is 2.27. The normalized spacial score (nSPS) is 21.8. The molecule has 0 fully saturated rings. The largest absolute Gasteiger partial charge is 0.494 e. The Morgan fingerprint density at radius 2 is 2.18 bits per heavy atom. The third kappa shape index (κ3) is 4.09. The maximum atomic E-state index is 12.4. The number of aryl methyl sites for hydroxylation is 1. The van der Waals surface area contributed by atoms with Crippen LogP contribution in [-0.2, 0) is 10.0 Å². The molecule has 1 aliphatic carbocycles. The summed E-state index contributed by atoms with van der Waals surface area (Å²) in [5.41, 5.74) is -0.327. The molecule has 122 valence electrons. The summed E-state index contributed by atoms with van der Waals surface area (Å²) in [5, 5.41) is 10.3. The molecule has 1 aromatic carbocycles. The molecule has 1 atom stereocenters. The van der Waals surface area contributed by atoms with Crippen LogP contribution in [-0.4, -0.2) is 32.3 Å². The third-order valence-electron chi connectivity index (χ3n) is 3.73. The Morgan fingerprint density at radius 1 is 1.41 bits per heavy atom. The van der Waals surface area contributed by atoms with Crippen LogP contribution in [0.5, 0.6) is 5.75 Å². The molecule has 1 unspecified atom stereocenters. The van der Waals surface area contributed by atoms with Gasteiger partial charge in [0.2, 0.25) is 10.0 Å².